The minimum Gasteiger partial charge on any atom is -0.468 e. The van der Waals surface area contributed by atoms with E-state index in [9.17, 15) is 14.4 Å². The van der Waals surface area contributed by atoms with Crippen molar-refractivity contribution in [1.82, 2.24) is 4.90 Å². The van der Waals surface area contributed by atoms with E-state index in [0.29, 0.717) is 12.8 Å². The molecule has 7 heteroatoms. The normalized spacial score (nSPS) is 38.6. The molecule has 4 bridgehead atoms. The number of anilines is 1. The summed E-state index contributed by atoms with van der Waals surface area (Å²) in [6, 6.07) is 7.73. The number of fused-ring (bicyclic) bond motifs is 3. The van der Waals surface area contributed by atoms with Crippen LogP contribution >= 0.6 is 0 Å². The van der Waals surface area contributed by atoms with Crippen LogP contribution in [0.5, 0.6) is 0 Å². The number of allylic oxidation sites excluding steroid dienone is 1. The maximum atomic E-state index is 13.8. The van der Waals surface area contributed by atoms with Crippen molar-refractivity contribution in [3.05, 3.63) is 41.5 Å². The number of carbonyl (C=O) groups excluding carboxylic acids is 3. The number of carbonyl (C=O) groups is 3. The third-order valence-electron chi connectivity index (χ3n) is 8.26. The fourth-order valence-electron chi connectivity index (χ4n) is 6.99. The molecule has 6 rings (SSSR count). The lowest BCUT2D eigenvalue weighted by Gasteiger charge is -2.57. The molecule has 0 radical (unpaired) electrons. The van der Waals surface area contributed by atoms with Crippen molar-refractivity contribution in [2.45, 2.75) is 44.2 Å². The lowest BCUT2D eigenvalue weighted by molar-refractivity contribution is -0.180. The van der Waals surface area contributed by atoms with E-state index in [0.717, 1.165) is 23.4 Å². The molecule has 0 aromatic heterocycles. The predicted molar refractivity (Wildman–Crippen MR) is 113 cm³/mol. The Morgan fingerprint density at radius 1 is 1.26 bits per heavy atom. The molecular formula is C24H28N2O5. The van der Waals surface area contributed by atoms with Crippen LogP contribution in [0.15, 0.2) is 35.9 Å². The van der Waals surface area contributed by atoms with Gasteiger partial charge in [0.2, 0.25) is 5.91 Å². The number of benzene rings is 1. The third-order valence-corrected chi connectivity index (χ3v) is 8.26. The highest BCUT2D eigenvalue weighted by Gasteiger charge is 2.74. The van der Waals surface area contributed by atoms with Gasteiger partial charge in [-0.2, -0.15) is 0 Å². The number of amides is 1. The van der Waals surface area contributed by atoms with Gasteiger partial charge in [-0.15, -0.1) is 0 Å². The monoisotopic (exact) mass is 424 g/mol. The van der Waals surface area contributed by atoms with Gasteiger partial charge in [-0.3, -0.25) is 19.3 Å². The second kappa shape index (κ2) is 6.66. The highest BCUT2D eigenvalue weighted by molar-refractivity contribution is 6.09. The molecule has 0 saturated carbocycles. The average molecular weight is 424 g/mol. The molecule has 31 heavy (non-hydrogen) atoms. The molecule has 164 valence electrons. The highest BCUT2D eigenvalue weighted by atomic mass is 16.5. The van der Waals surface area contributed by atoms with E-state index in [2.05, 4.69) is 17.0 Å². The summed E-state index contributed by atoms with van der Waals surface area (Å²) in [6.07, 6.45) is 3.23. The number of rotatable bonds is 3. The molecular weight excluding hydrogens is 396 g/mol. The Bertz CT molecular complexity index is 1020. The summed E-state index contributed by atoms with van der Waals surface area (Å²) in [4.78, 5) is 42.9. The highest BCUT2D eigenvalue weighted by Crippen LogP contribution is 2.65. The molecule has 5 heterocycles. The molecule has 1 spiro atoms. The Kier molecular flexibility index (Phi) is 4.35. The van der Waals surface area contributed by atoms with E-state index in [1.165, 1.54) is 14.0 Å². The molecule has 5 aliphatic heterocycles. The molecule has 1 aromatic rings. The smallest absolute Gasteiger partial charge is 0.317 e. The van der Waals surface area contributed by atoms with Gasteiger partial charge >= 0.3 is 11.9 Å². The fourth-order valence-corrected chi connectivity index (χ4v) is 6.99. The lowest BCUT2D eigenvalue weighted by Crippen LogP contribution is -2.67. The maximum absolute atomic E-state index is 13.8. The first-order valence-electron chi connectivity index (χ1n) is 10.8. The van der Waals surface area contributed by atoms with Gasteiger partial charge in [0.1, 0.15) is 12.0 Å². The van der Waals surface area contributed by atoms with E-state index in [4.69, 9.17) is 9.47 Å². The number of ether oxygens (including phenoxy) is 2. The molecule has 4 fully saturated rings. The van der Waals surface area contributed by atoms with Crippen molar-refractivity contribution in [2.24, 2.45) is 11.3 Å². The van der Waals surface area contributed by atoms with E-state index >= 15 is 0 Å². The van der Waals surface area contributed by atoms with Crippen molar-refractivity contribution in [1.29, 1.82) is 0 Å². The Balaban J connectivity index is 1.69. The predicted octanol–water partition coefficient (Wildman–Crippen LogP) is 2.05. The zero-order valence-electron chi connectivity index (χ0n) is 18.4. The number of likely N-dealkylation sites (N-methyl/N-ethyl adjacent to an activating group) is 1. The Morgan fingerprint density at radius 2 is 2.00 bits per heavy atom. The quantitative estimate of drug-likeness (QED) is 0.546. The standard InChI is InChI=1S/C24H28N2O5/c1-5-15-12-26-19-10-17(15)24(22(29)30-4,13-31-14(2)27)20(26)11-23(19)16-8-6-7-9-18(16)25(3)21(23)28/h5-9,17,19-20H,10-13H2,1-4H3/b15-5+. The lowest BCUT2D eigenvalue weighted by atomic mass is 9.60. The van der Waals surface area contributed by atoms with Crippen molar-refractivity contribution in [3.8, 4) is 0 Å². The van der Waals surface area contributed by atoms with Gasteiger partial charge in [-0.1, -0.05) is 29.8 Å². The van der Waals surface area contributed by atoms with Crippen LogP contribution in [0.1, 0.15) is 32.3 Å². The second-order valence-corrected chi connectivity index (χ2v) is 9.22. The van der Waals surface area contributed by atoms with Crippen LogP contribution in [0.3, 0.4) is 0 Å². The maximum Gasteiger partial charge on any atom is 0.317 e. The molecule has 5 aliphatic rings. The minimum absolute atomic E-state index is 0.0000841. The summed E-state index contributed by atoms with van der Waals surface area (Å²) in [6.45, 7) is 4.02. The summed E-state index contributed by atoms with van der Waals surface area (Å²) >= 11 is 0. The minimum atomic E-state index is -1.02. The van der Waals surface area contributed by atoms with E-state index < -0.39 is 16.8 Å². The first-order valence-corrected chi connectivity index (χ1v) is 10.8. The first-order chi connectivity index (χ1) is 14.8. The summed E-state index contributed by atoms with van der Waals surface area (Å²) in [7, 11) is 3.21. The number of esters is 2. The summed E-state index contributed by atoms with van der Waals surface area (Å²) in [5, 5.41) is 0. The van der Waals surface area contributed by atoms with Crippen LogP contribution in [-0.4, -0.2) is 62.1 Å². The fraction of sp³-hybridized carbons (Fsp3) is 0.542. The third kappa shape index (κ3) is 2.30. The molecule has 1 amide bonds. The van der Waals surface area contributed by atoms with Gasteiger partial charge in [0, 0.05) is 44.2 Å². The number of hydrogen-bond acceptors (Lipinski definition) is 6. The first kappa shape index (κ1) is 20.2. The summed E-state index contributed by atoms with van der Waals surface area (Å²) < 4.78 is 10.8. The van der Waals surface area contributed by atoms with Crippen LogP contribution in [0.25, 0.3) is 0 Å². The Hall–Kier alpha value is -2.67. The number of methoxy groups -OCH3 is 1. The Morgan fingerprint density at radius 3 is 2.68 bits per heavy atom. The number of hydrogen-bond donors (Lipinski definition) is 0. The largest absolute Gasteiger partial charge is 0.468 e. The van der Waals surface area contributed by atoms with Crippen molar-refractivity contribution >= 4 is 23.5 Å². The van der Waals surface area contributed by atoms with Crippen LogP contribution in [0.2, 0.25) is 0 Å². The SMILES string of the molecule is C/C=C1\CN2C3CC1C(COC(C)=O)(C(=O)OC)C2CC31C(=O)N(C)c2ccccc21. The van der Waals surface area contributed by atoms with Crippen LogP contribution in [-0.2, 0) is 29.3 Å². The van der Waals surface area contributed by atoms with Gasteiger partial charge in [0.25, 0.3) is 0 Å². The zero-order valence-corrected chi connectivity index (χ0v) is 18.4. The van der Waals surface area contributed by atoms with Crippen molar-refractivity contribution < 1.29 is 23.9 Å². The van der Waals surface area contributed by atoms with Crippen LogP contribution in [0.4, 0.5) is 5.69 Å². The van der Waals surface area contributed by atoms with Gasteiger partial charge in [-0.25, -0.2) is 0 Å². The molecule has 6 atom stereocenters. The van der Waals surface area contributed by atoms with Crippen molar-refractivity contribution in [2.75, 3.05) is 32.2 Å². The Labute approximate surface area is 182 Å². The van der Waals surface area contributed by atoms with E-state index in [1.807, 2.05) is 32.2 Å². The van der Waals surface area contributed by atoms with Crippen LogP contribution in [0, 0.1) is 11.3 Å². The van der Waals surface area contributed by atoms with Gasteiger partial charge in [0.05, 0.1) is 12.5 Å². The van der Waals surface area contributed by atoms with Gasteiger partial charge < -0.3 is 14.4 Å². The van der Waals surface area contributed by atoms with Crippen LogP contribution < -0.4 is 4.90 Å². The number of para-hydroxylation sites is 1. The number of piperidine rings is 3. The molecule has 1 aromatic carbocycles. The topological polar surface area (TPSA) is 76.1 Å². The van der Waals surface area contributed by atoms with Gasteiger partial charge in [0.15, 0.2) is 0 Å². The zero-order chi connectivity index (χ0) is 22.1. The molecule has 4 saturated heterocycles. The molecule has 6 unspecified atom stereocenters. The molecule has 0 N–H and O–H groups in total. The average Bonchev–Trinajstić information content (AvgIpc) is 3.18. The second-order valence-electron chi connectivity index (χ2n) is 9.22. The molecule has 0 aliphatic carbocycles. The summed E-state index contributed by atoms with van der Waals surface area (Å²) in [5.74, 6) is -0.833. The number of nitrogens with zero attached hydrogens (tertiary/aromatic N) is 2. The summed E-state index contributed by atoms with van der Waals surface area (Å²) in [5.41, 5.74) is 1.41. The van der Waals surface area contributed by atoms with Gasteiger partial charge in [-0.05, 0) is 31.4 Å². The van der Waals surface area contributed by atoms with E-state index in [1.54, 1.807) is 4.90 Å². The molecule has 7 nitrogen and oxygen atoms in total. The van der Waals surface area contributed by atoms with E-state index in [-0.39, 0.29) is 36.5 Å². The van der Waals surface area contributed by atoms with Crippen molar-refractivity contribution in [3.63, 3.8) is 0 Å².